The molecule has 3 nitrogen and oxygen atoms in total. The van der Waals surface area contributed by atoms with Crippen molar-refractivity contribution in [2.75, 3.05) is 13.1 Å². The second-order valence-corrected chi connectivity index (χ2v) is 1.32. The fourth-order valence-corrected chi connectivity index (χ4v) is 0.434. The van der Waals surface area contributed by atoms with Crippen LogP contribution in [-0.2, 0) is 9.63 Å². The van der Waals surface area contributed by atoms with Crippen molar-refractivity contribution in [3.05, 3.63) is 0 Å². The zero-order valence-electron chi connectivity index (χ0n) is 5.26. The predicted molar refractivity (Wildman–Crippen MR) is 30.1 cm³/mol. The normalized spacial score (nSPS) is 9.38. The molecule has 0 aliphatic heterocycles. The maximum Gasteiger partial charge on any atom is 0.312 e. The summed E-state index contributed by atoms with van der Waals surface area (Å²) >= 11 is 0. The summed E-state index contributed by atoms with van der Waals surface area (Å²) in [4.78, 5) is 14.2. The number of hydrogen-bond donors (Lipinski definition) is 0. The summed E-state index contributed by atoms with van der Waals surface area (Å²) < 4.78 is 0. The third kappa shape index (κ3) is 2.58. The number of carbonyl (C=O) groups excluding carboxylic acids is 1. The average Bonchev–Trinajstić information content (AvgIpc) is 1.83. The highest BCUT2D eigenvalue weighted by molar-refractivity contribution is 5.36. The van der Waals surface area contributed by atoms with Gasteiger partial charge in [0.25, 0.3) is 0 Å². The first-order valence-corrected chi connectivity index (χ1v) is 2.70. The van der Waals surface area contributed by atoms with Crippen LogP contribution in [0.2, 0.25) is 0 Å². The fraction of sp³-hybridized carbons (Fsp3) is 0.800. The van der Waals surface area contributed by atoms with Gasteiger partial charge in [0.15, 0.2) is 0 Å². The first-order chi connectivity index (χ1) is 3.85. The van der Waals surface area contributed by atoms with Gasteiger partial charge in [-0.1, -0.05) is 0 Å². The molecule has 0 amide bonds. The Hall–Kier alpha value is -0.570. The number of rotatable bonds is 4. The largest absolute Gasteiger partial charge is 0.371 e. The van der Waals surface area contributed by atoms with Crippen LogP contribution < -0.4 is 0 Å². The highest BCUT2D eigenvalue weighted by Crippen LogP contribution is 1.83. The molecule has 0 N–H and O–H groups in total. The average molecular weight is 117 g/mol. The molecule has 0 aromatic rings. The zero-order valence-corrected chi connectivity index (χ0v) is 5.26. The van der Waals surface area contributed by atoms with Crippen LogP contribution in [0.3, 0.4) is 0 Å². The summed E-state index contributed by atoms with van der Waals surface area (Å²) in [5.74, 6) is 0. The van der Waals surface area contributed by atoms with Gasteiger partial charge in [0.1, 0.15) is 0 Å². The van der Waals surface area contributed by atoms with E-state index in [9.17, 15) is 4.79 Å². The van der Waals surface area contributed by atoms with E-state index in [4.69, 9.17) is 0 Å². The third-order valence-electron chi connectivity index (χ3n) is 0.898. The van der Waals surface area contributed by atoms with Crippen LogP contribution in [0.5, 0.6) is 0 Å². The summed E-state index contributed by atoms with van der Waals surface area (Å²) in [6.45, 7) is 5.78. The Morgan fingerprint density at radius 2 is 2.00 bits per heavy atom. The molecule has 0 radical (unpaired) electrons. The molecule has 0 aliphatic carbocycles. The van der Waals surface area contributed by atoms with Gasteiger partial charge in [-0.2, -0.15) is 0 Å². The smallest absolute Gasteiger partial charge is 0.312 e. The summed E-state index contributed by atoms with van der Waals surface area (Å²) in [5.41, 5.74) is 0. The molecule has 0 aromatic carbocycles. The third-order valence-corrected chi connectivity index (χ3v) is 0.898. The Morgan fingerprint density at radius 1 is 1.50 bits per heavy atom. The molecule has 0 atom stereocenters. The summed E-state index contributed by atoms with van der Waals surface area (Å²) in [5, 5.41) is 1.56. The zero-order chi connectivity index (χ0) is 6.41. The van der Waals surface area contributed by atoms with Crippen molar-refractivity contribution in [1.82, 2.24) is 5.06 Å². The Bertz CT molecular complexity index is 61.4. The van der Waals surface area contributed by atoms with Gasteiger partial charge < -0.3 is 4.84 Å². The van der Waals surface area contributed by atoms with Crippen LogP contribution in [0.1, 0.15) is 13.8 Å². The molecule has 0 heterocycles. The van der Waals surface area contributed by atoms with Gasteiger partial charge in [-0.3, -0.25) is 4.79 Å². The van der Waals surface area contributed by atoms with E-state index in [1.807, 2.05) is 13.8 Å². The van der Waals surface area contributed by atoms with E-state index < -0.39 is 0 Å². The number of hydrogen-bond acceptors (Lipinski definition) is 3. The summed E-state index contributed by atoms with van der Waals surface area (Å²) in [6.07, 6.45) is 0. The van der Waals surface area contributed by atoms with Crippen molar-refractivity contribution >= 4 is 6.47 Å². The highest BCUT2D eigenvalue weighted by atomic mass is 16.7. The Labute approximate surface area is 49.2 Å². The van der Waals surface area contributed by atoms with Crippen LogP contribution >= 0.6 is 0 Å². The van der Waals surface area contributed by atoms with E-state index in [0.717, 1.165) is 13.1 Å². The molecule has 0 saturated heterocycles. The molecule has 48 valence electrons. The quantitative estimate of drug-likeness (QED) is 0.394. The molecule has 3 heteroatoms. The van der Waals surface area contributed by atoms with E-state index in [0.29, 0.717) is 6.47 Å². The predicted octanol–water partition coefficient (Wildman–Crippen LogP) is 0.416. The second kappa shape index (κ2) is 4.59. The van der Waals surface area contributed by atoms with Crippen molar-refractivity contribution < 1.29 is 9.63 Å². The lowest BCUT2D eigenvalue weighted by Gasteiger charge is -2.12. The SMILES string of the molecule is CCN(CC)OC=O. The molecular weight excluding hydrogens is 106 g/mol. The van der Waals surface area contributed by atoms with E-state index in [1.165, 1.54) is 0 Å². The lowest BCUT2D eigenvalue weighted by Crippen LogP contribution is -2.22. The van der Waals surface area contributed by atoms with E-state index >= 15 is 0 Å². The number of nitrogens with zero attached hydrogens (tertiary/aromatic N) is 1. The number of carbonyl (C=O) groups is 1. The minimum Gasteiger partial charge on any atom is -0.371 e. The van der Waals surface area contributed by atoms with Crippen molar-refractivity contribution in [3.63, 3.8) is 0 Å². The van der Waals surface area contributed by atoms with Crippen LogP contribution in [0.4, 0.5) is 0 Å². The summed E-state index contributed by atoms with van der Waals surface area (Å²) in [6, 6.07) is 0. The minimum atomic E-state index is 0.438. The lowest BCUT2D eigenvalue weighted by atomic mass is 10.6. The lowest BCUT2D eigenvalue weighted by molar-refractivity contribution is -0.171. The molecule has 0 aliphatic rings. The van der Waals surface area contributed by atoms with Crippen LogP contribution in [0, 0.1) is 0 Å². The number of hydroxylamine groups is 2. The molecule has 8 heavy (non-hydrogen) atoms. The van der Waals surface area contributed by atoms with Crippen molar-refractivity contribution in [2.45, 2.75) is 13.8 Å². The molecule has 0 spiro atoms. The molecule has 0 fully saturated rings. The van der Waals surface area contributed by atoms with Gasteiger partial charge >= 0.3 is 6.47 Å². The van der Waals surface area contributed by atoms with Gasteiger partial charge in [0.05, 0.1) is 0 Å². The first kappa shape index (κ1) is 7.43. The highest BCUT2D eigenvalue weighted by Gasteiger charge is 1.93. The van der Waals surface area contributed by atoms with Crippen molar-refractivity contribution in [2.24, 2.45) is 0 Å². The maximum atomic E-state index is 9.67. The second-order valence-electron chi connectivity index (χ2n) is 1.32. The Balaban J connectivity index is 3.20. The molecule has 0 aromatic heterocycles. The van der Waals surface area contributed by atoms with E-state index in [1.54, 1.807) is 5.06 Å². The van der Waals surface area contributed by atoms with Crippen LogP contribution in [-0.4, -0.2) is 24.6 Å². The van der Waals surface area contributed by atoms with Gasteiger partial charge in [0, 0.05) is 13.1 Å². The van der Waals surface area contributed by atoms with Crippen molar-refractivity contribution in [3.8, 4) is 0 Å². The maximum absolute atomic E-state index is 9.67. The van der Waals surface area contributed by atoms with Gasteiger partial charge in [0.2, 0.25) is 0 Å². The first-order valence-electron chi connectivity index (χ1n) is 2.70. The van der Waals surface area contributed by atoms with E-state index in [2.05, 4.69) is 4.84 Å². The molecule has 0 bridgehead atoms. The molecular formula is C5H11NO2. The Kier molecular flexibility index (Phi) is 4.26. The van der Waals surface area contributed by atoms with Crippen molar-refractivity contribution in [1.29, 1.82) is 0 Å². The molecule has 0 unspecified atom stereocenters. The van der Waals surface area contributed by atoms with Gasteiger partial charge in [-0.25, -0.2) is 0 Å². The molecule has 0 saturated carbocycles. The van der Waals surface area contributed by atoms with Crippen LogP contribution in [0.25, 0.3) is 0 Å². The monoisotopic (exact) mass is 117 g/mol. The van der Waals surface area contributed by atoms with Crippen LogP contribution in [0.15, 0.2) is 0 Å². The Morgan fingerprint density at radius 3 is 2.12 bits per heavy atom. The molecule has 0 rings (SSSR count). The summed E-state index contributed by atoms with van der Waals surface area (Å²) in [7, 11) is 0. The minimum absolute atomic E-state index is 0.438. The topological polar surface area (TPSA) is 29.5 Å². The standard InChI is InChI=1S/C5H11NO2/c1-3-6(4-2)8-5-7/h5H,3-4H2,1-2H3. The van der Waals surface area contributed by atoms with Gasteiger partial charge in [-0.05, 0) is 13.8 Å². The van der Waals surface area contributed by atoms with E-state index in [-0.39, 0.29) is 0 Å². The fourth-order valence-electron chi connectivity index (χ4n) is 0.434. The van der Waals surface area contributed by atoms with Gasteiger partial charge in [-0.15, -0.1) is 5.06 Å².